The maximum atomic E-state index is 8.82. The molecule has 0 aromatic heterocycles. The molecule has 2 N–H and O–H groups in total. The lowest BCUT2D eigenvalue weighted by molar-refractivity contribution is 0.171. The predicted molar refractivity (Wildman–Crippen MR) is 84.2 cm³/mol. The summed E-state index contributed by atoms with van der Waals surface area (Å²) < 4.78 is 6.02. The zero-order valence-corrected chi connectivity index (χ0v) is 12.5. The fraction of sp³-hybridized carbons (Fsp3) is 0.235. The number of hydrogen-bond donors (Lipinski definition) is 1. The molecule has 0 aliphatic heterocycles. The minimum atomic E-state index is -0.250. The first-order valence-corrected chi connectivity index (χ1v) is 7.19. The fourth-order valence-electron chi connectivity index (χ4n) is 2.02. The average molecular weight is 301 g/mol. The van der Waals surface area contributed by atoms with Crippen molar-refractivity contribution in [2.45, 2.75) is 25.5 Å². The lowest BCUT2D eigenvalue weighted by Crippen LogP contribution is -2.31. The Morgan fingerprint density at radius 3 is 2.29 bits per heavy atom. The molecule has 4 heteroatoms. The van der Waals surface area contributed by atoms with E-state index in [2.05, 4.69) is 6.07 Å². The van der Waals surface area contributed by atoms with E-state index in [-0.39, 0.29) is 12.1 Å². The molecule has 2 atom stereocenters. The van der Waals surface area contributed by atoms with E-state index in [1.807, 2.05) is 31.2 Å². The van der Waals surface area contributed by atoms with Crippen LogP contribution in [0.1, 0.15) is 30.6 Å². The second-order valence-electron chi connectivity index (χ2n) is 4.80. The lowest BCUT2D eigenvalue weighted by atomic mass is 10.0. The first kappa shape index (κ1) is 15.4. The van der Waals surface area contributed by atoms with Gasteiger partial charge in [-0.05, 0) is 48.4 Å². The van der Waals surface area contributed by atoms with Crippen molar-refractivity contribution in [3.05, 3.63) is 64.7 Å². The monoisotopic (exact) mass is 300 g/mol. The summed E-state index contributed by atoms with van der Waals surface area (Å²) in [5.74, 6) is 0.692. The third-order valence-electron chi connectivity index (χ3n) is 3.31. The van der Waals surface area contributed by atoms with E-state index < -0.39 is 0 Å². The molecule has 0 saturated carbocycles. The molecule has 2 aromatic rings. The van der Waals surface area contributed by atoms with Crippen LogP contribution >= 0.6 is 11.6 Å². The lowest BCUT2D eigenvalue weighted by Gasteiger charge is -2.25. The zero-order chi connectivity index (χ0) is 15.2. The molecule has 0 radical (unpaired) electrons. The average Bonchev–Trinajstić information content (AvgIpc) is 2.53. The van der Waals surface area contributed by atoms with E-state index in [0.29, 0.717) is 16.3 Å². The Morgan fingerprint density at radius 1 is 1.14 bits per heavy atom. The van der Waals surface area contributed by atoms with E-state index in [1.165, 1.54) is 0 Å². The number of rotatable bonds is 5. The van der Waals surface area contributed by atoms with E-state index in [1.54, 1.807) is 24.3 Å². The van der Waals surface area contributed by atoms with Crippen molar-refractivity contribution < 1.29 is 4.74 Å². The maximum absolute atomic E-state index is 8.82. The van der Waals surface area contributed by atoms with Gasteiger partial charge in [-0.25, -0.2) is 0 Å². The molecule has 0 spiro atoms. The maximum Gasteiger partial charge on any atom is 0.139 e. The van der Waals surface area contributed by atoms with Crippen LogP contribution in [0, 0.1) is 11.3 Å². The van der Waals surface area contributed by atoms with E-state index >= 15 is 0 Å². The van der Waals surface area contributed by atoms with Crippen LogP contribution in [0.15, 0.2) is 48.5 Å². The molecule has 0 bridgehead atoms. The largest absolute Gasteiger partial charge is 0.484 e. The number of hydrogen-bond acceptors (Lipinski definition) is 3. The Labute approximate surface area is 129 Å². The van der Waals surface area contributed by atoms with Gasteiger partial charge < -0.3 is 10.5 Å². The molecule has 0 saturated heterocycles. The van der Waals surface area contributed by atoms with Crippen LogP contribution in [-0.4, -0.2) is 6.04 Å². The Morgan fingerprint density at radius 2 is 1.76 bits per heavy atom. The van der Waals surface area contributed by atoms with Crippen LogP contribution in [-0.2, 0) is 0 Å². The minimum absolute atomic E-state index is 0.123. The van der Waals surface area contributed by atoms with Gasteiger partial charge in [-0.3, -0.25) is 0 Å². The van der Waals surface area contributed by atoms with E-state index in [4.69, 9.17) is 27.3 Å². The Kier molecular flexibility index (Phi) is 5.21. The van der Waals surface area contributed by atoms with Crippen LogP contribution in [0.3, 0.4) is 0 Å². The van der Waals surface area contributed by atoms with Gasteiger partial charge in [-0.15, -0.1) is 0 Å². The van der Waals surface area contributed by atoms with Crippen molar-refractivity contribution in [2.75, 3.05) is 0 Å². The third-order valence-corrected chi connectivity index (χ3v) is 3.56. The number of nitrogens with zero attached hydrogens (tertiary/aromatic N) is 1. The molecule has 2 unspecified atom stereocenters. The van der Waals surface area contributed by atoms with Crippen molar-refractivity contribution >= 4 is 11.6 Å². The Bertz CT molecular complexity index is 617. The van der Waals surface area contributed by atoms with Gasteiger partial charge in [0, 0.05) is 11.1 Å². The second-order valence-corrected chi connectivity index (χ2v) is 5.23. The van der Waals surface area contributed by atoms with Gasteiger partial charge in [-0.1, -0.05) is 30.7 Å². The molecule has 0 fully saturated rings. The summed E-state index contributed by atoms with van der Waals surface area (Å²) in [6.45, 7) is 2.02. The van der Waals surface area contributed by atoms with Crippen LogP contribution in [0.25, 0.3) is 0 Å². The molecule has 2 aromatic carbocycles. The number of ether oxygens (including phenoxy) is 1. The third kappa shape index (κ3) is 3.98. The van der Waals surface area contributed by atoms with Gasteiger partial charge in [0.2, 0.25) is 0 Å². The van der Waals surface area contributed by atoms with Gasteiger partial charge >= 0.3 is 0 Å². The summed E-state index contributed by atoms with van der Waals surface area (Å²) in [5.41, 5.74) is 7.77. The second kappa shape index (κ2) is 7.12. The molecule has 3 nitrogen and oxygen atoms in total. The van der Waals surface area contributed by atoms with Crippen LogP contribution in [0.4, 0.5) is 0 Å². The summed E-state index contributed by atoms with van der Waals surface area (Å²) in [6.07, 6.45) is 0.545. The minimum Gasteiger partial charge on any atom is -0.484 e. The van der Waals surface area contributed by atoms with Gasteiger partial charge in [0.1, 0.15) is 11.9 Å². The van der Waals surface area contributed by atoms with Crippen LogP contribution < -0.4 is 10.5 Å². The summed E-state index contributed by atoms with van der Waals surface area (Å²) in [5, 5.41) is 9.50. The number of benzene rings is 2. The predicted octanol–water partition coefficient (Wildman–Crippen LogP) is 4.07. The topological polar surface area (TPSA) is 59.0 Å². The normalized spacial score (nSPS) is 13.2. The molecule has 0 amide bonds. The Balaban J connectivity index is 2.23. The van der Waals surface area contributed by atoms with Gasteiger partial charge in [0.15, 0.2) is 0 Å². The standard InChI is InChI=1S/C17H17ClN2O/c1-2-16(20)17(13-5-7-14(18)8-6-13)21-15-9-3-12(11-19)4-10-15/h3-10,16-17H,2,20H2,1H3. The van der Waals surface area contributed by atoms with Crippen molar-refractivity contribution in [1.82, 2.24) is 0 Å². The van der Waals surface area contributed by atoms with Crippen molar-refractivity contribution in [3.63, 3.8) is 0 Å². The highest BCUT2D eigenvalue weighted by molar-refractivity contribution is 6.30. The van der Waals surface area contributed by atoms with Gasteiger partial charge in [0.25, 0.3) is 0 Å². The molecular weight excluding hydrogens is 284 g/mol. The number of nitriles is 1. The van der Waals surface area contributed by atoms with Gasteiger partial charge in [-0.2, -0.15) is 5.26 Å². The highest BCUT2D eigenvalue weighted by Crippen LogP contribution is 2.26. The fourth-order valence-corrected chi connectivity index (χ4v) is 2.15. The molecule has 108 valence electrons. The molecule has 0 aliphatic carbocycles. The highest BCUT2D eigenvalue weighted by atomic mass is 35.5. The van der Waals surface area contributed by atoms with Gasteiger partial charge in [0.05, 0.1) is 11.6 Å². The SMILES string of the molecule is CCC(N)C(Oc1ccc(C#N)cc1)c1ccc(Cl)cc1. The number of halogens is 1. The Hall–Kier alpha value is -2.02. The molecule has 2 rings (SSSR count). The zero-order valence-electron chi connectivity index (χ0n) is 11.8. The summed E-state index contributed by atoms with van der Waals surface area (Å²) >= 11 is 5.92. The van der Waals surface area contributed by atoms with Crippen LogP contribution in [0.5, 0.6) is 5.75 Å². The summed E-state index contributed by atoms with van der Waals surface area (Å²) in [4.78, 5) is 0. The first-order valence-electron chi connectivity index (χ1n) is 6.82. The van der Waals surface area contributed by atoms with Crippen molar-refractivity contribution in [2.24, 2.45) is 5.73 Å². The molecule has 21 heavy (non-hydrogen) atoms. The molecule has 0 aliphatic rings. The summed E-state index contributed by atoms with van der Waals surface area (Å²) in [7, 11) is 0. The quantitative estimate of drug-likeness (QED) is 0.905. The van der Waals surface area contributed by atoms with E-state index in [9.17, 15) is 0 Å². The van der Waals surface area contributed by atoms with E-state index in [0.717, 1.165) is 12.0 Å². The molecular formula is C17H17ClN2O. The van der Waals surface area contributed by atoms with Crippen LogP contribution in [0.2, 0.25) is 5.02 Å². The van der Waals surface area contributed by atoms with Crippen molar-refractivity contribution in [3.8, 4) is 11.8 Å². The summed E-state index contributed by atoms with van der Waals surface area (Å²) in [6, 6.07) is 16.5. The first-order chi connectivity index (χ1) is 10.1. The smallest absolute Gasteiger partial charge is 0.139 e. The van der Waals surface area contributed by atoms with Crippen molar-refractivity contribution in [1.29, 1.82) is 5.26 Å². The molecule has 0 heterocycles. The highest BCUT2D eigenvalue weighted by Gasteiger charge is 2.20. The number of nitrogens with two attached hydrogens (primary N) is 1.